The molecule has 0 fully saturated rings. The number of nitrogens with one attached hydrogen (secondary N) is 1. The minimum Gasteiger partial charge on any atom is -0.397 e. The average molecular weight is 243 g/mol. The second-order valence-corrected chi connectivity index (χ2v) is 3.78. The molecule has 0 radical (unpaired) electrons. The van der Waals surface area contributed by atoms with Gasteiger partial charge in [0.05, 0.1) is 11.4 Å². The van der Waals surface area contributed by atoms with Gasteiger partial charge in [-0.15, -0.1) is 0 Å². The number of hydrogen-bond acceptors (Lipinski definition) is 3. The third kappa shape index (κ3) is 3.56. The van der Waals surface area contributed by atoms with Crippen molar-refractivity contribution < 1.29 is 8.78 Å². The molecule has 0 saturated heterocycles. The number of nitrogen functional groups attached to an aromatic ring is 1. The minimum absolute atomic E-state index is 0.0529. The molecular formula is C12H19F2N3. The summed E-state index contributed by atoms with van der Waals surface area (Å²) >= 11 is 0. The molecule has 5 heteroatoms. The molecule has 96 valence electrons. The third-order valence-corrected chi connectivity index (χ3v) is 2.75. The zero-order chi connectivity index (χ0) is 12.8. The fourth-order valence-electron chi connectivity index (χ4n) is 1.62. The monoisotopic (exact) mass is 243 g/mol. The minimum atomic E-state index is -0.912. The van der Waals surface area contributed by atoms with Crippen LogP contribution in [0.1, 0.15) is 13.8 Å². The van der Waals surface area contributed by atoms with Crippen LogP contribution in [0.2, 0.25) is 0 Å². The molecule has 0 unspecified atom stereocenters. The molecule has 0 bridgehead atoms. The molecule has 0 aromatic heterocycles. The van der Waals surface area contributed by atoms with Crippen molar-refractivity contribution in [2.75, 3.05) is 37.2 Å². The molecule has 0 heterocycles. The first-order chi connectivity index (χ1) is 8.10. The second-order valence-electron chi connectivity index (χ2n) is 3.78. The average Bonchev–Trinajstić information content (AvgIpc) is 2.33. The maximum atomic E-state index is 13.4. The summed E-state index contributed by atoms with van der Waals surface area (Å²) in [5, 5.41) is 2.84. The van der Waals surface area contributed by atoms with Gasteiger partial charge in [-0.3, -0.25) is 0 Å². The molecule has 0 aliphatic heterocycles. The summed E-state index contributed by atoms with van der Waals surface area (Å²) < 4.78 is 26.4. The van der Waals surface area contributed by atoms with E-state index in [0.29, 0.717) is 6.54 Å². The van der Waals surface area contributed by atoms with Crippen LogP contribution in [-0.2, 0) is 0 Å². The van der Waals surface area contributed by atoms with Crippen molar-refractivity contribution in [2.45, 2.75) is 13.8 Å². The predicted molar refractivity (Wildman–Crippen MR) is 67.0 cm³/mol. The highest BCUT2D eigenvalue weighted by Crippen LogP contribution is 2.24. The molecule has 0 aliphatic carbocycles. The number of hydrogen-bond donors (Lipinski definition) is 2. The molecule has 0 spiro atoms. The van der Waals surface area contributed by atoms with E-state index < -0.39 is 11.6 Å². The molecule has 3 N–H and O–H groups in total. The van der Waals surface area contributed by atoms with Gasteiger partial charge in [0.15, 0.2) is 11.6 Å². The standard InChI is InChI=1S/C12H19F2N3/c1-3-17(4-2)8-7-16-12-10(15)6-5-9(13)11(12)14/h5-6,16H,3-4,7-8,15H2,1-2H3. The highest BCUT2D eigenvalue weighted by Gasteiger charge is 2.11. The molecule has 0 atom stereocenters. The predicted octanol–water partition coefficient (Wildman–Crippen LogP) is 2.30. The lowest BCUT2D eigenvalue weighted by atomic mass is 10.2. The Morgan fingerprint density at radius 3 is 2.47 bits per heavy atom. The summed E-state index contributed by atoms with van der Waals surface area (Å²) in [6.07, 6.45) is 0. The molecule has 1 rings (SSSR count). The van der Waals surface area contributed by atoms with Crippen LogP contribution < -0.4 is 11.1 Å². The van der Waals surface area contributed by atoms with Gasteiger partial charge in [0.25, 0.3) is 0 Å². The van der Waals surface area contributed by atoms with E-state index in [1.165, 1.54) is 6.07 Å². The van der Waals surface area contributed by atoms with Gasteiger partial charge in [-0.05, 0) is 25.2 Å². The van der Waals surface area contributed by atoms with Crippen LogP contribution in [0.15, 0.2) is 12.1 Å². The topological polar surface area (TPSA) is 41.3 Å². The summed E-state index contributed by atoms with van der Waals surface area (Å²) in [6, 6.07) is 2.39. The summed E-state index contributed by atoms with van der Waals surface area (Å²) in [4.78, 5) is 2.18. The van der Waals surface area contributed by atoms with Crippen LogP contribution in [-0.4, -0.2) is 31.1 Å². The number of nitrogens with zero attached hydrogens (tertiary/aromatic N) is 1. The van der Waals surface area contributed by atoms with Gasteiger partial charge in [0, 0.05) is 13.1 Å². The molecule has 1 aromatic rings. The van der Waals surface area contributed by atoms with E-state index in [1.807, 2.05) is 0 Å². The van der Waals surface area contributed by atoms with Crippen molar-refractivity contribution in [2.24, 2.45) is 0 Å². The van der Waals surface area contributed by atoms with Crippen molar-refractivity contribution in [3.8, 4) is 0 Å². The first-order valence-corrected chi connectivity index (χ1v) is 5.79. The van der Waals surface area contributed by atoms with Crippen molar-refractivity contribution in [3.05, 3.63) is 23.8 Å². The summed E-state index contributed by atoms with van der Waals surface area (Å²) in [5.74, 6) is -1.80. The molecule has 17 heavy (non-hydrogen) atoms. The zero-order valence-corrected chi connectivity index (χ0v) is 10.3. The van der Waals surface area contributed by atoms with E-state index in [0.717, 1.165) is 25.7 Å². The van der Waals surface area contributed by atoms with Crippen molar-refractivity contribution in [1.82, 2.24) is 4.90 Å². The quantitative estimate of drug-likeness (QED) is 0.753. The lowest BCUT2D eigenvalue weighted by Crippen LogP contribution is -2.29. The van der Waals surface area contributed by atoms with E-state index in [1.54, 1.807) is 0 Å². The highest BCUT2D eigenvalue weighted by molar-refractivity contribution is 5.66. The maximum Gasteiger partial charge on any atom is 0.183 e. The molecule has 0 saturated carbocycles. The van der Waals surface area contributed by atoms with Crippen LogP contribution >= 0.6 is 0 Å². The van der Waals surface area contributed by atoms with Crippen LogP contribution in [0, 0.1) is 11.6 Å². The Hall–Kier alpha value is -1.36. The first kappa shape index (κ1) is 13.7. The van der Waals surface area contributed by atoms with E-state index in [9.17, 15) is 8.78 Å². The van der Waals surface area contributed by atoms with Crippen molar-refractivity contribution in [1.29, 1.82) is 0 Å². The maximum absolute atomic E-state index is 13.4. The van der Waals surface area contributed by atoms with E-state index in [-0.39, 0.29) is 11.4 Å². The third-order valence-electron chi connectivity index (χ3n) is 2.75. The van der Waals surface area contributed by atoms with E-state index in [4.69, 9.17) is 5.73 Å². The van der Waals surface area contributed by atoms with Crippen LogP contribution in [0.5, 0.6) is 0 Å². The van der Waals surface area contributed by atoms with E-state index in [2.05, 4.69) is 24.1 Å². The van der Waals surface area contributed by atoms with Crippen LogP contribution in [0.4, 0.5) is 20.2 Å². The van der Waals surface area contributed by atoms with Gasteiger partial charge >= 0.3 is 0 Å². The summed E-state index contributed by atoms with van der Waals surface area (Å²) in [5.41, 5.74) is 5.87. The zero-order valence-electron chi connectivity index (χ0n) is 10.3. The lowest BCUT2D eigenvalue weighted by Gasteiger charge is -2.19. The second kappa shape index (κ2) is 6.39. The smallest absolute Gasteiger partial charge is 0.183 e. The van der Waals surface area contributed by atoms with Gasteiger partial charge in [0.1, 0.15) is 0 Å². The van der Waals surface area contributed by atoms with Crippen molar-refractivity contribution in [3.63, 3.8) is 0 Å². The van der Waals surface area contributed by atoms with Gasteiger partial charge in [-0.2, -0.15) is 0 Å². The number of nitrogens with two attached hydrogens (primary N) is 1. The van der Waals surface area contributed by atoms with Gasteiger partial charge in [0.2, 0.25) is 0 Å². The fraction of sp³-hybridized carbons (Fsp3) is 0.500. The Bertz CT molecular complexity index is 365. The Balaban J connectivity index is 2.60. The van der Waals surface area contributed by atoms with Crippen LogP contribution in [0.3, 0.4) is 0 Å². The molecule has 1 aromatic carbocycles. The van der Waals surface area contributed by atoms with Gasteiger partial charge in [-0.25, -0.2) is 8.78 Å². The fourth-order valence-corrected chi connectivity index (χ4v) is 1.62. The van der Waals surface area contributed by atoms with Gasteiger partial charge < -0.3 is 16.0 Å². The van der Waals surface area contributed by atoms with Gasteiger partial charge in [-0.1, -0.05) is 13.8 Å². The lowest BCUT2D eigenvalue weighted by molar-refractivity contribution is 0.316. The molecule has 3 nitrogen and oxygen atoms in total. The normalized spacial score (nSPS) is 10.9. The Morgan fingerprint density at radius 2 is 1.88 bits per heavy atom. The highest BCUT2D eigenvalue weighted by atomic mass is 19.2. The number of rotatable bonds is 6. The van der Waals surface area contributed by atoms with E-state index >= 15 is 0 Å². The Morgan fingerprint density at radius 1 is 1.24 bits per heavy atom. The molecule has 0 aliphatic rings. The number of benzene rings is 1. The largest absolute Gasteiger partial charge is 0.397 e. The number of likely N-dealkylation sites (N-methyl/N-ethyl adjacent to an activating group) is 1. The number of anilines is 2. The number of halogens is 2. The Labute approximate surface area is 101 Å². The first-order valence-electron chi connectivity index (χ1n) is 5.79. The van der Waals surface area contributed by atoms with Crippen LogP contribution in [0.25, 0.3) is 0 Å². The summed E-state index contributed by atoms with van der Waals surface area (Å²) in [7, 11) is 0. The molecule has 0 amide bonds. The molecular weight excluding hydrogens is 224 g/mol. The summed E-state index contributed by atoms with van der Waals surface area (Å²) in [6.45, 7) is 7.27. The SMILES string of the molecule is CCN(CC)CCNc1c(N)ccc(F)c1F. The van der Waals surface area contributed by atoms with Crippen molar-refractivity contribution >= 4 is 11.4 Å². The Kier molecular flexibility index (Phi) is 5.15.